The Morgan fingerprint density at radius 2 is 1.82 bits per heavy atom. The molecule has 1 atom stereocenters. The van der Waals surface area contributed by atoms with Gasteiger partial charge in [0, 0.05) is 0 Å². The van der Waals surface area contributed by atoms with Crippen molar-refractivity contribution >= 4 is 20.6 Å². The summed E-state index contributed by atoms with van der Waals surface area (Å²) in [5.41, 5.74) is 2.40. The minimum atomic E-state index is 0.847. The van der Waals surface area contributed by atoms with Crippen LogP contribution in [0.5, 0.6) is 5.75 Å². The molecule has 0 N–H and O–H groups in total. The van der Waals surface area contributed by atoms with E-state index in [1.54, 1.807) is 6.26 Å². The van der Waals surface area contributed by atoms with Crippen LogP contribution >= 0.6 is 9.24 Å². The molecule has 0 saturated carbocycles. The van der Waals surface area contributed by atoms with E-state index in [-0.39, 0.29) is 0 Å². The highest BCUT2D eigenvalue weighted by molar-refractivity contribution is 7.27. The number of hydrogen-bond donors (Lipinski definition) is 0. The van der Waals surface area contributed by atoms with Gasteiger partial charge in [0.25, 0.3) is 0 Å². The first-order valence-electron chi connectivity index (χ1n) is 5.49. The summed E-state index contributed by atoms with van der Waals surface area (Å²) in [6.45, 7) is 2.08. The second kappa shape index (κ2) is 5.65. The van der Waals surface area contributed by atoms with Crippen molar-refractivity contribution in [3.05, 3.63) is 65.9 Å². The number of benzene rings is 2. The standard InChI is InChI=1S/C15H15OP/c1-12-3-2-4-13(11-12)9-10-16-14-5-7-15(17)8-6-14/h2-11H,17H2,1H3/b10-9+. The van der Waals surface area contributed by atoms with Gasteiger partial charge in [-0.15, -0.1) is 9.24 Å². The summed E-state index contributed by atoms with van der Waals surface area (Å²) in [6.07, 6.45) is 3.67. The molecule has 2 aromatic rings. The molecule has 0 saturated heterocycles. The van der Waals surface area contributed by atoms with Crippen molar-refractivity contribution < 1.29 is 4.74 Å². The van der Waals surface area contributed by atoms with E-state index in [9.17, 15) is 0 Å². The largest absolute Gasteiger partial charge is 0.465 e. The Labute approximate surface area is 104 Å². The van der Waals surface area contributed by atoms with Crippen molar-refractivity contribution in [2.24, 2.45) is 0 Å². The Balaban J connectivity index is 2.00. The third kappa shape index (κ3) is 3.72. The summed E-state index contributed by atoms with van der Waals surface area (Å²) in [6, 6.07) is 16.2. The van der Waals surface area contributed by atoms with Crippen molar-refractivity contribution in [1.82, 2.24) is 0 Å². The zero-order chi connectivity index (χ0) is 12.1. The van der Waals surface area contributed by atoms with E-state index in [0.717, 1.165) is 16.6 Å². The Hall–Kier alpha value is -1.59. The molecule has 0 bridgehead atoms. The Morgan fingerprint density at radius 1 is 1.06 bits per heavy atom. The molecule has 0 aromatic heterocycles. The normalized spacial score (nSPS) is 10.7. The maximum atomic E-state index is 5.51. The van der Waals surface area contributed by atoms with Gasteiger partial charge < -0.3 is 4.74 Å². The summed E-state index contributed by atoms with van der Waals surface area (Å²) >= 11 is 0. The first kappa shape index (κ1) is 11.9. The van der Waals surface area contributed by atoms with Crippen LogP contribution in [-0.4, -0.2) is 0 Å². The van der Waals surface area contributed by atoms with Gasteiger partial charge in [0.15, 0.2) is 0 Å². The van der Waals surface area contributed by atoms with E-state index in [0.29, 0.717) is 0 Å². The fourth-order valence-corrected chi connectivity index (χ4v) is 1.70. The summed E-state index contributed by atoms with van der Waals surface area (Å²) in [5.74, 6) is 0.847. The minimum absolute atomic E-state index is 0.847. The quantitative estimate of drug-likeness (QED) is 0.591. The highest BCUT2D eigenvalue weighted by atomic mass is 31.0. The van der Waals surface area contributed by atoms with Crippen LogP contribution in [0, 0.1) is 6.92 Å². The van der Waals surface area contributed by atoms with Crippen molar-refractivity contribution in [1.29, 1.82) is 0 Å². The maximum Gasteiger partial charge on any atom is 0.126 e. The summed E-state index contributed by atoms with van der Waals surface area (Å²) in [7, 11) is 2.65. The molecule has 2 heteroatoms. The molecule has 1 unspecified atom stereocenters. The van der Waals surface area contributed by atoms with Crippen LogP contribution in [0.3, 0.4) is 0 Å². The minimum Gasteiger partial charge on any atom is -0.465 e. The zero-order valence-corrected chi connectivity index (χ0v) is 10.9. The van der Waals surface area contributed by atoms with Crippen molar-refractivity contribution in [2.45, 2.75) is 6.92 Å². The smallest absolute Gasteiger partial charge is 0.126 e. The summed E-state index contributed by atoms with van der Waals surface area (Å²) < 4.78 is 5.51. The lowest BCUT2D eigenvalue weighted by molar-refractivity contribution is 0.485. The van der Waals surface area contributed by atoms with Crippen molar-refractivity contribution in [3.63, 3.8) is 0 Å². The van der Waals surface area contributed by atoms with Crippen LogP contribution in [0.15, 0.2) is 54.8 Å². The molecule has 17 heavy (non-hydrogen) atoms. The van der Waals surface area contributed by atoms with Gasteiger partial charge in [0.1, 0.15) is 5.75 Å². The molecular weight excluding hydrogens is 227 g/mol. The van der Waals surface area contributed by atoms with E-state index in [1.165, 1.54) is 5.56 Å². The molecule has 0 amide bonds. The molecule has 0 radical (unpaired) electrons. The third-order valence-corrected chi connectivity index (χ3v) is 2.77. The van der Waals surface area contributed by atoms with Gasteiger partial charge >= 0.3 is 0 Å². The first-order chi connectivity index (χ1) is 8.24. The van der Waals surface area contributed by atoms with Gasteiger partial charge in [-0.3, -0.25) is 0 Å². The van der Waals surface area contributed by atoms with E-state index in [2.05, 4.69) is 34.4 Å². The lowest BCUT2D eigenvalue weighted by Crippen LogP contribution is -1.88. The van der Waals surface area contributed by atoms with Gasteiger partial charge in [-0.2, -0.15) is 0 Å². The average molecular weight is 242 g/mol. The van der Waals surface area contributed by atoms with Gasteiger partial charge in [0.05, 0.1) is 6.26 Å². The molecule has 0 spiro atoms. The van der Waals surface area contributed by atoms with Crippen LogP contribution < -0.4 is 10.0 Å². The molecule has 0 aliphatic rings. The Morgan fingerprint density at radius 3 is 2.53 bits per heavy atom. The maximum absolute atomic E-state index is 5.51. The van der Waals surface area contributed by atoms with Gasteiger partial charge in [-0.05, 0) is 36.0 Å². The molecule has 2 rings (SSSR count). The topological polar surface area (TPSA) is 9.23 Å². The molecular formula is C15H15OP. The molecule has 2 aromatic carbocycles. The fraction of sp³-hybridized carbons (Fsp3) is 0.0667. The second-order valence-corrected chi connectivity index (χ2v) is 4.57. The third-order valence-electron chi connectivity index (χ3n) is 2.39. The Kier molecular flexibility index (Phi) is 3.95. The molecule has 0 aliphatic heterocycles. The number of aryl methyl sites for hydroxylation is 1. The predicted molar refractivity (Wildman–Crippen MR) is 76.6 cm³/mol. The zero-order valence-electron chi connectivity index (χ0n) is 9.76. The first-order valence-corrected chi connectivity index (χ1v) is 6.07. The van der Waals surface area contributed by atoms with E-state index >= 15 is 0 Å². The van der Waals surface area contributed by atoms with E-state index in [1.807, 2.05) is 36.4 Å². The van der Waals surface area contributed by atoms with Crippen LogP contribution in [0.1, 0.15) is 11.1 Å². The monoisotopic (exact) mass is 242 g/mol. The summed E-state index contributed by atoms with van der Waals surface area (Å²) in [4.78, 5) is 0. The summed E-state index contributed by atoms with van der Waals surface area (Å²) in [5, 5.41) is 1.15. The van der Waals surface area contributed by atoms with Crippen LogP contribution in [0.25, 0.3) is 6.08 Å². The Bertz CT molecular complexity index is 515. The number of rotatable bonds is 3. The van der Waals surface area contributed by atoms with E-state index in [4.69, 9.17) is 4.74 Å². The molecule has 0 fully saturated rings. The van der Waals surface area contributed by atoms with Gasteiger partial charge in [-0.1, -0.05) is 42.0 Å². The fourth-order valence-electron chi connectivity index (χ4n) is 1.51. The van der Waals surface area contributed by atoms with Gasteiger partial charge in [0.2, 0.25) is 0 Å². The van der Waals surface area contributed by atoms with Crippen molar-refractivity contribution in [2.75, 3.05) is 0 Å². The van der Waals surface area contributed by atoms with E-state index < -0.39 is 0 Å². The molecule has 0 aliphatic carbocycles. The van der Waals surface area contributed by atoms with Crippen LogP contribution in [0.4, 0.5) is 0 Å². The lowest BCUT2D eigenvalue weighted by atomic mass is 10.1. The highest BCUT2D eigenvalue weighted by Crippen LogP contribution is 2.11. The highest BCUT2D eigenvalue weighted by Gasteiger charge is 1.90. The molecule has 1 nitrogen and oxygen atoms in total. The number of ether oxygens (including phenoxy) is 1. The predicted octanol–water partition coefficient (Wildman–Crippen LogP) is 3.55. The second-order valence-electron chi connectivity index (χ2n) is 3.90. The SMILES string of the molecule is Cc1cccc(/C=C/Oc2ccc(P)cc2)c1. The molecule has 0 heterocycles. The lowest BCUT2D eigenvalue weighted by Gasteiger charge is -2.00. The molecule has 86 valence electrons. The van der Waals surface area contributed by atoms with Crippen molar-refractivity contribution in [3.8, 4) is 5.75 Å². The average Bonchev–Trinajstić information content (AvgIpc) is 2.32. The van der Waals surface area contributed by atoms with Crippen LogP contribution in [0.2, 0.25) is 0 Å². The van der Waals surface area contributed by atoms with Gasteiger partial charge in [-0.25, -0.2) is 0 Å². The van der Waals surface area contributed by atoms with Crippen LogP contribution in [-0.2, 0) is 0 Å². The number of hydrogen-bond acceptors (Lipinski definition) is 1.